The van der Waals surface area contributed by atoms with Gasteiger partial charge in [0.05, 0.1) is 12.5 Å². The van der Waals surface area contributed by atoms with Crippen molar-refractivity contribution in [2.75, 3.05) is 5.73 Å². The van der Waals surface area contributed by atoms with Crippen molar-refractivity contribution in [3.8, 4) is 6.07 Å². The van der Waals surface area contributed by atoms with E-state index in [0.717, 1.165) is 5.56 Å². The molecule has 0 bridgehead atoms. The molecule has 0 amide bonds. The number of nitrogens with two attached hydrogens (primary N) is 2. The number of pyridine rings is 1. The molecule has 0 saturated heterocycles. The Bertz CT molecular complexity index is 307. The van der Waals surface area contributed by atoms with Crippen LogP contribution in [0.2, 0.25) is 0 Å². The van der Waals surface area contributed by atoms with Gasteiger partial charge >= 0.3 is 0 Å². The van der Waals surface area contributed by atoms with Crippen molar-refractivity contribution in [3.05, 3.63) is 23.9 Å². The number of nitriles is 1. The first-order chi connectivity index (χ1) is 5.75. The van der Waals surface area contributed by atoms with Crippen LogP contribution in [0, 0.1) is 11.3 Å². The molecule has 0 radical (unpaired) electrons. The van der Waals surface area contributed by atoms with E-state index in [-0.39, 0.29) is 24.9 Å². The minimum Gasteiger partial charge on any atom is -0.383 e. The van der Waals surface area contributed by atoms with Crippen LogP contribution < -0.4 is 11.5 Å². The highest BCUT2D eigenvalue weighted by Crippen LogP contribution is 2.17. The first-order valence-electron chi connectivity index (χ1n) is 3.58. The average molecular weight is 199 g/mol. The molecule has 0 unspecified atom stereocenters. The molecule has 0 fully saturated rings. The molecule has 0 aliphatic carbocycles. The Kier molecular flexibility index (Phi) is 4.82. The van der Waals surface area contributed by atoms with E-state index >= 15 is 0 Å². The molecule has 13 heavy (non-hydrogen) atoms. The highest BCUT2D eigenvalue weighted by Gasteiger charge is 2.08. The Labute approximate surface area is 83.0 Å². The monoisotopic (exact) mass is 198 g/mol. The van der Waals surface area contributed by atoms with Gasteiger partial charge in [-0.2, -0.15) is 5.26 Å². The lowest BCUT2D eigenvalue weighted by atomic mass is 10.1. The van der Waals surface area contributed by atoms with Crippen LogP contribution in [0.5, 0.6) is 0 Å². The van der Waals surface area contributed by atoms with Gasteiger partial charge in [0.25, 0.3) is 0 Å². The average Bonchev–Trinajstić information content (AvgIpc) is 2.05. The fourth-order valence-electron chi connectivity index (χ4n) is 0.952. The fourth-order valence-corrected chi connectivity index (χ4v) is 0.952. The lowest BCUT2D eigenvalue weighted by Gasteiger charge is -2.08. The lowest BCUT2D eigenvalue weighted by molar-refractivity contribution is 0.747. The summed E-state index contributed by atoms with van der Waals surface area (Å²) >= 11 is 0. The number of nitrogens with zero attached hydrogens (tertiary/aromatic N) is 2. The summed E-state index contributed by atoms with van der Waals surface area (Å²) in [4.78, 5) is 3.87. The third-order valence-electron chi connectivity index (χ3n) is 1.58. The van der Waals surface area contributed by atoms with Crippen LogP contribution in [0.3, 0.4) is 0 Å². The Morgan fingerprint density at radius 1 is 1.62 bits per heavy atom. The second kappa shape index (κ2) is 5.36. The van der Waals surface area contributed by atoms with Gasteiger partial charge in [-0.25, -0.2) is 4.98 Å². The number of halogens is 1. The number of hydrogen-bond acceptors (Lipinski definition) is 4. The zero-order chi connectivity index (χ0) is 8.97. The highest BCUT2D eigenvalue weighted by molar-refractivity contribution is 5.85. The molecule has 0 spiro atoms. The number of aromatic nitrogens is 1. The molecule has 0 aliphatic rings. The predicted octanol–water partition coefficient (Wildman–Crippen LogP) is 0.999. The third-order valence-corrected chi connectivity index (χ3v) is 1.58. The zero-order valence-corrected chi connectivity index (χ0v) is 7.79. The van der Waals surface area contributed by atoms with Crippen LogP contribution in [0.1, 0.15) is 18.0 Å². The van der Waals surface area contributed by atoms with Crippen LogP contribution in [0.15, 0.2) is 18.3 Å². The molecule has 1 rings (SSSR count). The number of nitrogen functional groups attached to an aromatic ring is 1. The molecule has 5 heteroatoms. The molecule has 0 aliphatic heterocycles. The van der Waals surface area contributed by atoms with Crippen LogP contribution in [-0.2, 0) is 0 Å². The predicted molar refractivity (Wildman–Crippen MR) is 53.1 cm³/mol. The zero-order valence-electron chi connectivity index (χ0n) is 6.97. The Hall–Kier alpha value is -1.31. The van der Waals surface area contributed by atoms with Gasteiger partial charge in [-0.1, -0.05) is 6.07 Å². The molecule has 0 saturated carbocycles. The van der Waals surface area contributed by atoms with E-state index in [0.29, 0.717) is 5.82 Å². The van der Waals surface area contributed by atoms with Crippen molar-refractivity contribution in [1.29, 1.82) is 5.26 Å². The standard InChI is InChI=1S/C8H10N4.ClH/c9-4-3-7(10)6-2-1-5-12-8(6)11;/h1-2,5,7H,3,10H2,(H2,11,12);1H/t7-;/m1./s1. The van der Waals surface area contributed by atoms with Gasteiger partial charge in [-0.15, -0.1) is 12.4 Å². The van der Waals surface area contributed by atoms with E-state index in [1.165, 1.54) is 0 Å². The summed E-state index contributed by atoms with van der Waals surface area (Å²) in [5, 5.41) is 8.40. The normalized spacial score (nSPS) is 11.1. The van der Waals surface area contributed by atoms with Gasteiger partial charge in [0, 0.05) is 17.8 Å². The second-order valence-corrected chi connectivity index (χ2v) is 2.45. The van der Waals surface area contributed by atoms with Crippen LogP contribution in [-0.4, -0.2) is 4.98 Å². The minimum atomic E-state index is -0.330. The molecule has 1 aromatic heterocycles. The van der Waals surface area contributed by atoms with Gasteiger partial charge in [-0.05, 0) is 6.07 Å². The largest absolute Gasteiger partial charge is 0.383 e. The first kappa shape index (κ1) is 11.7. The molecule has 1 atom stereocenters. The fraction of sp³-hybridized carbons (Fsp3) is 0.250. The molecular weight excluding hydrogens is 188 g/mol. The summed E-state index contributed by atoms with van der Waals surface area (Å²) in [5.41, 5.74) is 12.0. The smallest absolute Gasteiger partial charge is 0.128 e. The van der Waals surface area contributed by atoms with Crippen molar-refractivity contribution in [3.63, 3.8) is 0 Å². The summed E-state index contributed by atoms with van der Waals surface area (Å²) in [7, 11) is 0. The van der Waals surface area contributed by atoms with Crippen LogP contribution in [0.25, 0.3) is 0 Å². The summed E-state index contributed by atoms with van der Waals surface area (Å²) < 4.78 is 0. The maximum atomic E-state index is 8.40. The summed E-state index contributed by atoms with van der Waals surface area (Å²) in [6.07, 6.45) is 1.85. The second-order valence-electron chi connectivity index (χ2n) is 2.45. The van der Waals surface area contributed by atoms with Gasteiger partial charge < -0.3 is 11.5 Å². The van der Waals surface area contributed by atoms with Crippen molar-refractivity contribution < 1.29 is 0 Å². The number of hydrogen-bond donors (Lipinski definition) is 2. The quantitative estimate of drug-likeness (QED) is 0.742. The Balaban J connectivity index is 0.00000144. The molecule has 4 nitrogen and oxygen atoms in total. The Morgan fingerprint density at radius 3 is 2.85 bits per heavy atom. The molecular formula is C8H11ClN4. The van der Waals surface area contributed by atoms with Gasteiger partial charge in [0.15, 0.2) is 0 Å². The van der Waals surface area contributed by atoms with E-state index < -0.39 is 0 Å². The van der Waals surface area contributed by atoms with Crippen LogP contribution >= 0.6 is 12.4 Å². The SMILES string of the molecule is Cl.N#CC[C@@H](N)c1cccnc1N. The molecule has 4 N–H and O–H groups in total. The summed E-state index contributed by atoms with van der Waals surface area (Å²) in [5.74, 6) is 0.403. The third kappa shape index (κ3) is 2.90. The van der Waals surface area contributed by atoms with E-state index in [4.69, 9.17) is 16.7 Å². The Morgan fingerprint density at radius 2 is 2.31 bits per heavy atom. The van der Waals surface area contributed by atoms with Gasteiger partial charge in [0.1, 0.15) is 5.82 Å². The molecule has 70 valence electrons. The molecule has 1 heterocycles. The van der Waals surface area contributed by atoms with E-state index in [1.54, 1.807) is 18.3 Å². The van der Waals surface area contributed by atoms with Crippen LogP contribution in [0.4, 0.5) is 5.82 Å². The van der Waals surface area contributed by atoms with E-state index in [2.05, 4.69) is 4.98 Å². The van der Waals surface area contributed by atoms with E-state index in [9.17, 15) is 0 Å². The number of anilines is 1. The van der Waals surface area contributed by atoms with Crippen molar-refractivity contribution >= 4 is 18.2 Å². The summed E-state index contributed by atoms with van der Waals surface area (Å²) in [6, 6.07) is 5.19. The van der Waals surface area contributed by atoms with Crippen molar-refractivity contribution in [2.45, 2.75) is 12.5 Å². The lowest BCUT2D eigenvalue weighted by Crippen LogP contribution is -2.12. The van der Waals surface area contributed by atoms with Gasteiger partial charge in [0.2, 0.25) is 0 Å². The van der Waals surface area contributed by atoms with Crippen molar-refractivity contribution in [2.24, 2.45) is 5.73 Å². The van der Waals surface area contributed by atoms with E-state index in [1.807, 2.05) is 6.07 Å². The highest BCUT2D eigenvalue weighted by atomic mass is 35.5. The molecule has 0 aromatic carbocycles. The maximum Gasteiger partial charge on any atom is 0.128 e. The van der Waals surface area contributed by atoms with Crippen molar-refractivity contribution in [1.82, 2.24) is 4.98 Å². The first-order valence-corrected chi connectivity index (χ1v) is 3.58. The van der Waals surface area contributed by atoms with Gasteiger partial charge in [-0.3, -0.25) is 0 Å². The minimum absolute atomic E-state index is 0. The topological polar surface area (TPSA) is 88.7 Å². The maximum absolute atomic E-state index is 8.40. The number of rotatable bonds is 2. The molecule has 1 aromatic rings. The summed E-state index contributed by atoms with van der Waals surface area (Å²) in [6.45, 7) is 0.